The lowest BCUT2D eigenvalue weighted by Crippen LogP contribution is -2.25. The summed E-state index contributed by atoms with van der Waals surface area (Å²) in [6.45, 7) is 1.51. The Morgan fingerprint density at radius 2 is 2.24 bits per heavy atom. The Labute approximate surface area is 99.4 Å². The van der Waals surface area contributed by atoms with Crippen molar-refractivity contribution < 1.29 is 9.18 Å². The molecule has 2 N–H and O–H groups in total. The molecule has 1 fully saturated rings. The highest BCUT2D eigenvalue weighted by Crippen LogP contribution is 2.31. The summed E-state index contributed by atoms with van der Waals surface area (Å²) < 4.78 is 14.2. The average molecular weight is 234 g/mol. The van der Waals surface area contributed by atoms with E-state index in [9.17, 15) is 9.18 Å². The first kappa shape index (κ1) is 10.7. The van der Waals surface area contributed by atoms with Gasteiger partial charge in [0.05, 0.1) is 5.69 Å². The smallest absolute Gasteiger partial charge is 0.227 e. The van der Waals surface area contributed by atoms with E-state index in [-0.39, 0.29) is 17.6 Å². The van der Waals surface area contributed by atoms with E-state index in [1.54, 1.807) is 6.07 Å². The van der Waals surface area contributed by atoms with Crippen molar-refractivity contribution in [1.29, 1.82) is 0 Å². The third-order valence-electron chi connectivity index (χ3n) is 3.41. The van der Waals surface area contributed by atoms with E-state index in [0.717, 1.165) is 30.5 Å². The Morgan fingerprint density at radius 1 is 1.41 bits per heavy atom. The number of amides is 1. The molecule has 17 heavy (non-hydrogen) atoms. The van der Waals surface area contributed by atoms with Crippen LogP contribution in [0, 0.1) is 11.7 Å². The van der Waals surface area contributed by atoms with Crippen LogP contribution < -0.4 is 10.6 Å². The molecule has 1 heterocycles. The maximum Gasteiger partial charge on any atom is 0.227 e. The molecular weight excluding hydrogens is 219 g/mol. The fourth-order valence-electron chi connectivity index (χ4n) is 2.21. The molecule has 3 rings (SSSR count). The van der Waals surface area contributed by atoms with Crippen LogP contribution >= 0.6 is 0 Å². The summed E-state index contributed by atoms with van der Waals surface area (Å²) in [4.78, 5) is 11.6. The van der Waals surface area contributed by atoms with Gasteiger partial charge in [-0.25, -0.2) is 4.39 Å². The molecule has 0 atom stereocenters. The highest BCUT2D eigenvalue weighted by atomic mass is 19.1. The topological polar surface area (TPSA) is 41.1 Å². The van der Waals surface area contributed by atoms with Crippen LogP contribution in [0.2, 0.25) is 0 Å². The molecule has 2 aliphatic rings. The fraction of sp³-hybridized carbons (Fsp3) is 0.462. The molecule has 90 valence electrons. The Kier molecular flexibility index (Phi) is 2.59. The van der Waals surface area contributed by atoms with Crippen molar-refractivity contribution >= 4 is 11.6 Å². The minimum atomic E-state index is -0.252. The second-order valence-corrected chi connectivity index (χ2v) is 4.76. The first-order valence-electron chi connectivity index (χ1n) is 6.07. The van der Waals surface area contributed by atoms with E-state index in [1.807, 2.05) is 6.07 Å². The Bertz CT molecular complexity index is 469. The van der Waals surface area contributed by atoms with Gasteiger partial charge in [0.1, 0.15) is 5.82 Å². The van der Waals surface area contributed by atoms with Crippen LogP contribution in [0.5, 0.6) is 0 Å². The van der Waals surface area contributed by atoms with Gasteiger partial charge in [0.15, 0.2) is 0 Å². The van der Waals surface area contributed by atoms with Crippen LogP contribution in [-0.2, 0) is 17.8 Å². The van der Waals surface area contributed by atoms with Crippen molar-refractivity contribution in [2.24, 2.45) is 5.92 Å². The quantitative estimate of drug-likeness (QED) is 0.819. The van der Waals surface area contributed by atoms with Crippen molar-refractivity contribution in [3.05, 3.63) is 29.1 Å². The third-order valence-corrected chi connectivity index (χ3v) is 3.41. The van der Waals surface area contributed by atoms with E-state index in [0.29, 0.717) is 18.7 Å². The summed E-state index contributed by atoms with van der Waals surface area (Å²) >= 11 is 0. The molecule has 1 saturated carbocycles. The van der Waals surface area contributed by atoms with Crippen LogP contribution in [0.4, 0.5) is 10.1 Å². The molecule has 0 bridgehead atoms. The summed E-state index contributed by atoms with van der Waals surface area (Å²) in [5.74, 6) is -0.192. The van der Waals surface area contributed by atoms with E-state index in [2.05, 4.69) is 10.6 Å². The molecule has 0 radical (unpaired) electrons. The van der Waals surface area contributed by atoms with Gasteiger partial charge in [-0.2, -0.15) is 0 Å². The lowest BCUT2D eigenvalue weighted by molar-refractivity contribution is -0.117. The average Bonchev–Trinajstić information content (AvgIpc) is 3.17. The summed E-state index contributed by atoms with van der Waals surface area (Å²) in [5.41, 5.74) is 2.08. The van der Waals surface area contributed by atoms with Crippen LogP contribution in [0.1, 0.15) is 24.0 Å². The maximum atomic E-state index is 14.2. The Morgan fingerprint density at radius 3 is 3.00 bits per heavy atom. The van der Waals surface area contributed by atoms with E-state index in [4.69, 9.17) is 0 Å². The molecule has 1 aliphatic carbocycles. The molecule has 0 saturated heterocycles. The monoisotopic (exact) mass is 234 g/mol. The number of halogens is 1. The van der Waals surface area contributed by atoms with Gasteiger partial charge >= 0.3 is 0 Å². The number of carbonyl (C=O) groups is 1. The number of benzene rings is 1. The summed E-state index contributed by atoms with van der Waals surface area (Å²) in [7, 11) is 0. The second kappa shape index (κ2) is 4.11. The summed E-state index contributed by atoms with van der Waals surface area (Å²) in [5, 5.41) is 5.89. The third kappa shape index (κ3) is 2.05. The summed E-state index contributed by atoms with van der Waals surface area (Å²) in [6, 6.07) is 3.56. The fourth-order valence-corrected chi connectivity index (χ4v) is 2.21. The zero-order valence-corrected chi connectivity index (χ0v) is 9.55. The Balaban J connectivity index is 1.86. The number of hydrogen-bond donors (Lipinski definition) is 2. The van der Waals surface area contributed by atoms with Crippen molar-refractivity contribution in [3.8, 4) is 0 Å². The maximum absolute atomic E-state index is 14.2. The summed E-state index contributed by atoms with van der Waals surface area (Å²) in [6.07, 6.45) is 2.55. The number of anilines is 1. The molecule has 0 aromatic heterocycles. The van der Waals surface area contributed by atoms with E-state index >= 15 is 0 Å². The van der Waals surface area contributed by atoms with Crippen LogP contribution in [0.15, 0.2) is 12.1 Å². The lowest BCUT2D eigenvalue weighted by atomic mass is 9.99. The van der Waals surface area contributed by atoms with Crippen molar-refractivity contribution in [3.63, 3.8) is 0 Å². The van der Waals surface area contributed by atoms with Crippen molar-refractivity contribution in [2.75, 3.05) is 11.9 Å². The van der Waals surface area contributed by atoms with Crippen molar-refractivity contribution in [2.45, 2.75) is 25.8 Å². The number of carbonyl (C=O) groups excluding carboxylic acids is 1. The molecule has 1 aromatic carbocycles. The molecule has 0 spiro atoms. The molecule has 4 heteroatoms. The molecule has 3 nitrogen and oxygen atoms in total. The van der Waals surface area contributed by atoms with Gasteiger partial charge in [0, 0.05) is 12.5 Å². The first-order valence-corrected chi connectivity index (χ1v) is 6.07. The van der Waals surface area contributed by atoms with Gasteiger partial charge in [-0.15, -0.1) is 0 Å². The largest absolute Gasteiger partial charge is 0.323 e. The van der Waals surface area contributed by atoms with Gasteiger partial charge in [0.25, 0.3) is 0 Å². The standard InChI is InChI=1S/C13H15FN2O/c14-12-10-5-6-15-7-9(10)3-4-11(12)16-13(17)8-1-2-8/h3-4,8,15H,1-2,5-7H2,(H,16,17). The number of fused-ring (bicyclic) bond motifs is 1. The zero-order valence-electron chi connectivity index (χ0n) is 9.55. The second-order valence-electron chi connectivity index (χ2n) is 4.76. The predicted molar refractivity (Wildman–Crippen MR) is 63.2 cm³/mol. The van der Waals surface area contributed by atoms with Crippen LogP contribution in [0.3, 0.4) is 0 Å². The first-order chi connectivity index (χ1) is 8.25. The SMILES string of the molecule is O=C(Nc1ccc2c(c1F)CCNC2)C1CC1. The minimum Gasteiger partial charge on any atom is -0.323 e. The van der Waals surface area contributed by atoms with Gasteiger partial charge < -0.3 is 10.6 Å². The predicted octanol–water partition coefficient (Wildman–Crippen LogP) is 1.82. The van der Waals surface area contributed by atoms with Gasteiger partial charge in [-0.3, -0.25) is 4.79 Å². The normalized spacial score (nSPS) is 18.6. The highest BCUT2D eigenvalue weighted by Gasteiger charge is 2.30. The molecule has 1 amide bonds. The van der Waals surface area contributed by atoms with Crippen molar-refractivity contribution in [1.82, 2.24) is 5.32 Å². The van der Waals surface area contributed by atoms with E-state index in [1.165, 1.54) is 0 Å². The highest BCUT2D eigenvalue weighted by molar-refractivity contribution is 5.94. The lowest BCUT2D eigenvalue weighted by Gasteiger charge is -2.19. The number of nitrogens with one attached hydrogen (secondary N) is 2. The van der Waals surface area contributed by atoms with Crippen LogP contribution in [-0.4, -0.2) is 12.5 Å². The molecule has 1 aliphatic heterocycles. The molecule has 0 unspecified atom stereocenters. The van der Waals surface area contributed by atoms with E-state index < -0.39 is 0 Å². The Hall–Kier alpha value is -1.42. The molecular formula is C13H15FN2O. The van der Waals surface area contributed by atoms with Crippen LogP contribution in [0.25, 0.3) is 0 Å². The van der Waals surface area contributed by atoms with Gasteiger partial charge in [0.2, 0.25) is 5.91 Å². The number of rotatable bonds is 2. The van der Waals surface area contributed by atoms with Gasteiger partial charge in [-0.05, 0) is 43.0 Å². The molecule has 1 aromatic rings. The zero-order chi connectivity index (χ0) is 11.8. The minimum absolute atomic E-state index is 0.0437. The van der Waals surface area contributed by atoms with Gasteiger partial charge in [-0.1, -0.05) is 6.07 Å². The number of hydrogen-bond acceptors (Lipinski definition) is 2.